The molecule has 0 aromatic carbocycles. The SMILES string of the molecule is ONC1CCCC(O)C1O. The predicted octanol–water partition coefficient (Wildman–Crippen LogP) is -0.761. The van der Waals surface area contributed by atoms with Crippen LogP contribution in [0.3, 0.4) is 0 Å². The number of nitrogens with one attached hydrogen (secondary N) is 1. The van der Waals surface area contributed by atoms with Crippen molar-refractivity contribution in [2.45, 2.75) is 37.5 Å². The average molecular weight is 147 g/mol. The van der Waals surface area contributed by atoms with Crippen LogP contribution in [0.25, 0.3) is 0 Å². The third-order valence-electron chi connectivity index (χ3n) is 1.99. The Kier molecular flexibility index (Phi) is 2.62. The number of aliphatic hydroxyl groups excluding tert-OH is 2. The van der Waals surface area contributed by atoms with Crippen molar-refractivity contribution < 1.29 is 15.4 Å². The molecule has 4 nitrogen and oxygen atoms in total. The summed E-state index contributed by atoms with van der Waals surface area (Å²) < 4.78 is 0. The summed E-state index contributed by atoms with van der Waals surface area (Å²) in [5.41, 5.74) is 1.97. The van der Waals surface area contributed by atoms with E-state index in [2.05, 4.69) is 0 Å². The molecular formula is C6H13NO3. The molecule has 0 aromatic rings. The van der Waals surface area contributed by atoms with Gasteiger partial charge in [0.25, 0.3) is 0 Å². The lowest BCUT2D eigenvalue weighted by molar-refractivity contribution is -0.0600. The first-order chi connectivity index (χ1) is 4.75. The lowest BCUT2D eigenvalue weighted by Gasteiger charge is -2.30. The van der Waals surface area contributed by atoms with Crippen molar-refractivity contribution in [1.29, 1.82) is 0 Å². The van der Waals surface area contributed by atoms with Gasteiger partial charge in [-0.1, -0.05) is 0 Å². The molecule has 0 saturated heterocycles. The average Bonchev–Trinajstić information content (AvgIpc) is 1.95. The van der Waals surface area contributed by atoms with E-state index in [4.69, 9.17) is 15.4 Å². The molecule has 4 heteroatoms. The fourth-order valence-electron chi connectivity index (χ4n) is 1.30. The van der Waals surface area contributed by atoms with Gasteiger partial charge in [-0.15, -0.1) is 0 Å². The maximum atomic E-state index is 9.16. The number of rotatable bonds is 1. The number of aliphatic hydroxyl groups is 2. The molecule has 0 bridgehead atoms. The Balaban J connectivity index is 2.42. The normalized spacial score (nSPS) is 41.7. The van der Waals surface area contributed by atoms with Gasteiger partial charge in [-0.2, -0.15) is 5.48 Å². The molecule has 0 radical (unpaired) electrons. The van der Waals surface area contributed by atoms with Gasteiger partial charge in [-0.25, -0.2) is 0 Å². The zero-order chi connectivity index (χ0) is 7.56. The minimum atomic E-state index is -0.821. The standard InChI is InChI=1S/C6H13NO3/c8-5-3-1-2-4(7-10)6(5)9/h4-10H,1-3H2. The Morgan fingerprint density at radius 3 is 2.40 bits per heavy atom. The Morgan fingerprint density at radius 2 is 1.90 bits per heavy atom. The second kappa shape index (κ2) is 3.30. The summed E-state index contributed by atoms with van der Waals surface area (Å²) in [6.07, 6.45) is 0.682. The summed E-state index contributed by atoms with van der Waals surface area (Å²) in [6.45, 7) is 0. The summed E-state index contributed by atoms with van der Waals surface area (Å²) in [4.78, 5) is 0. The highest BCUT2D eigenvalue weighted by atomic mass is 16.5. The molecule has 4 N–H and O–H groups in total. The molecule has 0 spiro atoms. The van der Waals surface area contributed by atoms with Crippen molar-refractivity contribution >= 4 is 0 Å². The molecule has 0 heterocycles. The molecule has 1 fully saturated rings. The van der Waals surface area contributed by atoms with Gasteiger partial charge in [0.2, 0.25) is 0 Å². The first-order valence-electron chi connectivity index (χ1n) is 3.51. The quantitative estimate of drug-likeness (QED) is 0.368. The zero-order valence-corrected chi connectivity index (χ0v) is 5.70. The van der Waals surface area contributed by atoms with Gasteiger partial charge in [-0.3, -0.25) is 0 Å². The molecule has 1 aliphatic rings. The van der Waals surface area contributed by atoms with E-state index < -0.39 is 12.2 Å². The van der Waals surface area contributed by atoms with Crippen molar-refractivity contribution in [2.24, 2.45) is 0 Å². The van der Waals surface area contributed by atoms with Crippen LogP contribution in [0.15, 0.2) is 0 Å². The van der Waals surface area contributed by atoms with Crippen LogP contribution in [0.4, 0.5) is 0 Å². The highest BCUT2D eigenvalue weighted by Gasteiger charge is 2.29. The molecule has 1 saturated carbocycles. The van der Waals surface area contributed by atoms with Gasteiger partial charge < -0.3 is 15.4 Å². The lowest BCUT2D eigenvalue weighted by atomic mass is 9.91. The summed E-state index contributed by atoms with van der Waals surface area (Å²) >= 11 is 0. The van der Waals surface area contributed by atoms with E-state index in [0.717, 1.165) is 6.42 Å². The van der Waals surface area contributed by atoms with Crippen LogP contribution in [0.1, 0.15) is 19.3 Å². The van der Waals surface area contributed by atoms with Gasteiger partial charge in [0, 0.05) is 0 Å². The summed E-state index contributed by atoms with van der Waals surface area (Å²) in [5, 5.41) is 26.7. The van der Waals surface area contributed by atoms with Crippen LogP contribution in [-0.2, 0) is 0 Å². The minimum absolute atomic E-state index is 0.358. The van der Waals surface area contributed by atoms with E-state index in [9.17, 15) is 0 Å². The Morgan fingerprint density at radius 1 is 1.20 bits per heavy atom. The molecule has 0 aliphatic heterocycles. The van der Waals surface area contributed by atoms with Gasteiger partial charge in [0.15, 0.2) is 0 Å². The topological polar surface area (TPSA) is 72.7 Å². The molecule has 0 aromatic heterocycles. The lowest BCUT2D eigenvalue weighted by Crippen LogP contribution is -2.47. The van der Waals surface area contributed by atoms with Crippen molar-refractivity contribution in [2.75, 3.05) is 0 Å². The molecule has 10 heavy (non-hydrogen) atoms. The third kappa shape index (κ3) is 1.46. The summed E-state index contributed by atoms with van der Waals surface area (Å²) in [6, 6.07) is -0.358. The molecule has 1 aliphatic carbocycles. The van der Waals surface area contributed by atoms with Crippen molar-refractivity contribution in [3.05, 3.63) is 0 Å². The van der Waals surface area contributed by atoms with Gasteiger partial charge in [0.1, 0.15) is 0 Å². The second-order valence-corrected chi connectivity index (χ2v) is 2.72. The highest BCUT2D eigenvalue weighted by molar-refractivity contribution is 4.84. The monoisotopic (exact) mass is 147 g/mol. The van der Waals surface area contributed by atoms with Crippen LogP contribution in [-0.4, -0.2) is 33.7 Å². The van der Waals surface area contributed by atoms with Crippen LogP contribution in [0.2, 0.25) is 0 Å². The first-order valence-corrected chi connectivity index (χ1v) is 3.51. The Bertz CT molecular complexity index is 109. The number of hydrogen-bond acceptors (Lipinski definition) is 4. The van der Waals surface area contributed by atoms with Crippen molar-refractivity contribution in [1.82, 2.24) is 5.48 Å². The van der Waals surface area contributed by atoms with Crippen LogP contribution in [0.5, 0.6) is 0 Å². The van der Waals surface area contributed by atoms with E-state index in [1.165, 1.54) is 0 Å². The van der Waals surface area contributed by atoms with Gasteiger partial charge >= 0.3 is 0 Å². The number of hydrogen-bond donors (Lipinski definition) is 4. The van der Waals surface area contributed by atoms with Gasteiger partial charge in [-0.05, 0) is 19.3 Å². The maximum Gasteiger partial charge on any atom is 0.0974 e. The van der Waals surface area contributed by atoms with Crippen LogP contribution < -0.4 is 5.48 Å². The van der Waals surface area contributed by atoms with E-state index in [0.29, 0.717) is 12.8 Å². The van der Waals surface area contributed by atoms with Crippen molar-refractivity contribution in [3.8, 4) is 0 Å². The summed E-state index contributed by atoms with van der Waals surface area (Å²) in [5.74, 6) is 0. The van der Waals surface area contributed by atoms with Gasteiger partial charge in [0.05, 0.1) is 18.2 Å². The van der Waals surface area contributed by atoms with E-state index in [1.54, 1.807) is 0 Å². The molecule has 60 valence electrons. The van der Waals surface area contributed by atoms with Crippen molar-refractivity contribution in [3.63, 3.8) is 0 Å². The molecular weight excluding hydrogens is 134 g/mol. The highest BCUT2D eigenvalue weighted by Crippen LogP contribution is 2.18. The smallest absolute Gasteiger partial charge is 0.0974 e. The van der Waals surface area contributed by atoms with E-state index in [-0.39, 0.29) is 6.04 Å². The maximum absolute atomic E-state index is 9.16. The summed E-state index contributed by atoms with van der Waals surface area (Å²) in [7, 11) is 0. The molecule has 3 unspecified atom stereocenters. The van der Waals surface area contributed by atoms with E-state index >= 15 is 0 Å². The zero-order valence-electron chi connectivity index (χ0n) is 5.70. The molecule has 3 atom stereocenters. The third-order valence-corrected chi connectivity index (χ3v) is 1.99. The van der Waals surface area contributed by atoms with Crippen LogP contribution >= 0.6 is 0 Å². The molecule has 0 amide bonds. The largest absolute Gasteiger partial charge is 0.390 e. The van der Waals surface area contributed by atoms with E-state index in [1.807, 2.05) is 5.48 Å². The fraction of sp³-hybridized carbons (Fsp3) is 1.00. The fourth-order valence-corrected chi connectivity index (χ4v) is 1.30. The minimum Gasteiger partial charge on any atom is -0.390 e. The molecule has 1 rings (SSSR count). The Labute approximate surface area is 59.4 Å². The first kappa shape index (κ1) is 7.94. The Hall–Kier alpha value is -0.160. The predicted molar refractivity (Wildman–Crippen MR) is 34.6 cm³/mol. The number of hydroxylamine groups is 1. The second-order valence-electron chi connectivity index (χ2n) is 2.72. The van der Waals surface area contributed by atoms with Crippen LogP contribution in [0, 0.1) is 0 Å².